The number of aromatic nitrogens is 1. The van der Waals surface area contributed by atoms with E-state index in [1.54, 1.807) is 18.2 Å². The number of allylic oxidation sites excluding steroid dienone is 1. The highest BCUT2D eigenvalue weighted by atomic mass is 19.1. The van der Waals surface area contributed by atoms with E-state index >= 15 is 0 Å². The van der Waals surface area contributed by atoms with Gasteiger partial charge in [-0.2, -0.15) is 0 Å². The fraction of sp³-hybridized carbons (Fsp3) is 0.280. The van der Waals surface area contributed by atoms with E-state index in [1.807, 2.05) is 11.1 Å². The first-order valence-corrected chi connectivity index (χ1v) is 10.8. The lowest BCUT2D eigenvalue weighted by Crippen LogP contribution is -2.48. The Balaban J connectivity index is 1.51. The van der Waals surface area contributed by atoms with Crippen molar-refractivity contribution in [1.82, 2.24) is 15.6 Å². The largest absolute Gasteiger partial charge is 0.353 e. The van der Waals surface area contributed by atoms with Crippen LogP contribution in [0.3, 0.4) is 0 Å². The van der Waals surface area contributed by atoms with Crippen molar-refractivity contribution >= 4 is 23.8 Å². The number of nitrogens with zero attached hydrogens (tertiary/aromatic N) is 3. The predicted octanol–water partition coefficient (Wildman–Crippen LogP) is 2.08. The fourth-order valence-corrected chi connectivity index (χ4v) is 3.57. The van der Waals surface area contributed by atoms with Crippen LogP contribution in [-0.4, -0.2) is 55.7 Å². The molecule has 7 nitrogen and oxygen atoms in total. The first-order chi connectivity index (χ1) is 16.1. The number of amides is 2. The van der Waals surface area contributed by atoms with E-state index in [4.69, 9.17) is 0 Å². The van der Waals surface area contributed by atoms with Gasteiger partial charge in [0.2, 0.25) is 5.91 Å². The zero-order valence-electron chi connectivity index (χ0n) is 18.1. The molecule has 0 bridgehead atoms. The standard InChI is InChI=1S/C25H24FN5O2/c26-22-7-4-18(5-8-22)3-6-20-14-21(16-30-24(20)31-13-12-28-23(32)17-31)25(33)29-10-1-2-19-9-11-27-15-19/h4-5,7-9,14-16H,1-2,10-13,17H2,(H,28,32)(H,29,33). The van der Waals surface area contributed by atoms with Gasteiger partial charge in [-0.05, 0) is 48.7 Å². The number of pyridine rings is 1. The van der Waals surface area contributed by atoms with Gasteiger partial charge in [0.25, 0.3) is 5.91 Å². The van der Waals surface area contributed by atoms with Crippen molar-refractivity contribution < 1.29 is 14.0 Å². The molecule has 4 rings (SSSR count). The highest BCUT2D eigenvalue weighted by molar-refractivity contribution is 5.95. The Morgan fingerprint density at radius 1 is 1.24 bits per heavy atom. The van der Waals surface area contributed by atoms with Gasteiger partial charge < -0.3 is 15.5 Å². The lowest BCUT2D eigenvalue weighted by molar-refractivity contribution is -0.120. The van der Waals surface area contributed by atoms with Crippen LogP contribution < -0.4 is 15.5 Å². The molecule has 33 heavy (non-hydrogen) atoms. The molecule has 2 aromatic rings. The van der Waals surface area contributed by atoms with Gasteiger partial charge in [-0.1, -0.05) is 17.9 Å². The minimum atomic E-state index is -0.336. The number of carbonyl (C=O) groups excluding carboxylic acids is 2. The summed E-state index contributed by atoms with van der Waals surface area (Å²) in [5.41, 5.74) is 2.76. The van der Waals surface area contributed by atoms with Gasteiger partial charge in [-0.15, -0.1) is 0 Å². The van der Waals surface area contributed by atoms with E-state index in [-0.39, 0.29) is 24.2 Å². The summed E-state index contributed by atoms with van der Waals surface area (Å²) in [7, 11) is 0. The van der Waals surface area contributed by atoms with Gasteiger partial charge in [0, 0.05) is 37.6 Å². The van der Waals surface area contributed by atoms with Crippen LogP contribution in [0.4, 0.5) is 10.2 Å². The summed E-state index contributed by atoms with van der Waals surface area (Å²) in [6.07, 6.45) is 7.14. The molecule has 0 spiro atoms. The monoisotopic (exact) mass is 445 g/mol. The number of halogens is 1. The van der Waals surface area contributed by atoms with Gasteiger partial charge in [0.15, 0.2) is 0 Å². The molecule has 3 heterocycles. The van der Waals surface area contributed by atoms with Crippen LogP contribution in [0.2, 0.25) is 0 Å². The number of piperazine rings is 1. The van der Waals surface area contributed by atoms with E-state index < -0.39 is 0 Å². The third-order valence-electron chi connectivity index (χ3n) is 5.30. The smallest absolute Gasteiger partial charge is 0.252 e. The van der Waals surface area contributed by atoms with Crippen molar-refractivity contribution in [2.24, 2.45) is 4.99 Å². The third kappa shape index (κ3) is 6.04. The lowest BCUT2D eigenvalue weighted by Gasteiger charge is -2.28. The first kappa shape index (κ1) is 22.2. The fourth-order valence-electron chi connectivity index (χ4n) is 3.57. The summed E-state index contributed by atoms with van der Waals surface area (Å²) < 4.78 is 13.2. The highest BCUT2D eigenvalue weighted by Gasteiger charge is 2.21. The van der Waals surface area contributed by atoms with E-state index in [0.717, 1.165) is 19.4 Å². The van der Waals surface area contributed by atoms with Gasteiger partial charge in [-0.25, -0.2) is 9.37 Å². The molecule has 0 atom stereocenters. The normalized spacial score (nSPS) is 14.9. The van der Waals surface area contributed by atoms with Gasteiger partial charge in [0.05, 0.1) is 24.2 Å². The Bertz CT molecular complexity index is 1160. The maximum atomic E-state index is 13.2. The van der Waals surface area contributed by atoms with Crippen molar-refractivity contribution in [3.8, 4) is 11.8 Å². The van der Waals surface area contributed by atoms with Gasteiger partial charge in [-0.3, -0.25) is 14.6 Å². The SMILES string of the molecule is O=C1CN(c2ncc(C(=O)NCCCC3=CCN=C3)cc2C#Cc2ccc(F)cc2)CCN1. The Morgan fingerprint density at radius 3 is 2.85 bits per heavy atom. The topological polar surface area (TPSA) is 86.7 Å². The minimum absolute atomic E-state index is 0.0928. The molecular formula is C25H24FN5O2. The molecule has 1 fully saturated rings. The molecule has 0 aliphatic carbocycles. The van der Waals surface area contributed by atoms with Crippen molar-refractivity contribution in [3.05, 3.63) is 70.7 Å². The Labute approximate surface area is 191 Å². The Morgan fingerprint density at radius 2 is 2.09 bits per heavy atom. The molecule has 2 aliphatic heterocycles. The van der Waals surface area contributed by atoms with Crippen molar-refractivity contribution in [2.45, 2.75) is 12.8 Å². The number of carbonyl (C=O) groups is 2. The minimum Gasteiger partial charge on any atom is -0.353 e. The van der Waals surface area contributed by atoms with Crippen molar-refractivity contribution in [3.63, 3.8) is 0 Å². The molecule has 2 amide bonds. The molecule has 2 aliphatic rings. The molecule has 2 N–H and O–H groups in total. The second-order valence-electron chi connectivity index (χ2n) is 7.76. The van der Waals surface area contributed by atoms with Gasteiger partial charge in [0.1, 0.15) is 11.6 Å². The maximum Gasteiger partial charge on any atom is 0.252 e. The lowest BCUT2D eigenvalue weighted by atomic mass is 10.1. The summed E-state index contributed by atoms with van der Waals surface area (Å²) in [4.78, 5) is 35.0. The molecule has 1 saturated heterocycles. The summed E-state index contributed by atoms with van der Waals surface area (Å²) in [6.45, 7) is 2.54. The molecule has 0 saturated carbocycles. The highest BCUT2D eigenvalue weighted by Crippen LogP contribution is 2.19. The molecule has 1 aromatic carbocycles. The van der Waals surface area contributed by atoms with Crippen LogP contribution in [0.25, 0.3) is 0 Å². The average Bonchev–Trinajstić information content (AvgIpc) is 3.35. The molecular weight excluding hydrogens is 421 g/mol. The molecule has 168 valence electrons. The van der Waals surface area contributed by atoms with E-state index in [9.17, 15) is 14.0 Å². The van der Waals surface area contributed by atoms with Crippen LogP contribution in [0.15, 0.2) is 53.2 Å². The van der Waals surface area contributed by atoms with Crippen LogP contribution >= 0.6 is 0 Å². The Hall–Kier alpha value is -3.99. The Kier molecular flexibility index (Phi) is 7.10. The summed E-state index contributed by atoms with van der Waals surface area (Å²) >= 11 is 0. The maximum absolute atomic E-state index is 13.2. The van der Waals surface area contributed by atoms with Crippen LogP contribution in [0.1, 0.15) is 34.3 Å². The molecule has 0 unspecified atom stereocenters. The summed E-state index contributed by atoms with van der Waals surface area (Å²) in [5, 5.41) is 5.70. The van der Waals surface area contributed by atoms with E-state index in [2.05, 4.69) is 38.5 Å². The van der Waals surface area contributed by atoms with Crippen LogP contribution in [-0.2, 0) is 4.79 Å². The second kappa shape index (κ2) is 10.6. The number of nitrogens with one attached hydrogen (secondary N) is 2. The number of hydrogen-bond donors (Lipinski definition) is 2. The zero-order valence-corrected chi connectivity index (χ0v) is 18.1. The summed E-state index contributed by atoms with van der Waals surface area (Å²) in [6, 6.07) is 7.55. The van der Waals surface area contributed by atoms with E-state index in [0.29, 0.717) is 42.1 Å². The second-order valence-corrected chi connectivity index (χ2v) is 7.76. The number of anilines is 1. The van der Waals surface area contributed by atoms with Crippen LogP contribution in [0, 0.1) is 17.7 Å². The van der Waals surface area contributed by atoms with Crippen molar-refractivity contribution in [1.29, 1.82) is 0 Å². The predicted molar refractivity (Wildman–Crippen MR) is 125 cm³/mol. The number of aliphatic imine (C=N–C) groups is 1. The average molecular weight is 445 g/mol. The molecule has 0 radical (unpaired) electrons. The van der Waals surface area contributed by atoms with Crippen molar-refractivity contribution in [2.75, 3.05) is 37.6 Å². The molecule has 8 heteroatoms. The van der Waals surface area contributed by atoms with Crippen LogP contribution in [0.5, 0.6) is 0 Å². The number of benzene rings is 1. The number of rotatable bonds is 6. The quantitative estimate of drug-likeness (QED) is 0.527. The third-order valence-corrected chi connectivity index (χ3v) is 5.30. The zero-order chi connectivity index (χ0) is 23.0. The van der Waals surface area contributed by atoms with Gasteiger partial charge >= 0.3 is 0 Å². The summed E-state index contributed by atoms with van der Waals surface area (Å²) in [5.74, 6) is 5.93. The number of hydrogen-bond acceptors (Lipinski definition) is 5. The van der Waals surface area contributed by atoms with E-state index in [1.165, 1.54) is 23.9 Å². The first-order valence-electron chi connectivity index (χ1n) is 10.8. The molecule has 1 aromatic heterocycles.